The van der Waals surface area contributed by atoms with Gasteiger partial charge in [-0.2, -0.15) is 0 Å². The van der Waals surface area contributed by atoms with E-state index >= 15 is 0 Å². The second-order valence-corrected chi connectivity index (χ2v) is 7.07. The van der Waals surface area contributed by atoms with Crippen LogP contribution in [0.5, 0.6) is 0 Å². The fourth-order valence-electron chi connectivity index (χ4n) is 2.43. The highest BCUT2D eigenvalue weighted by atomic mass is 79.9. The van der Waals surface area contributed by atoms with Gasteiger partial charge in [-0.1, -0.05) is 65.5 Å². The first-order chi connectivity index (χ1) is 9.08. The van der Waals surface area contributed by atoms with Crippen LogP contribution in [-0.4, -0.2) is 6.54 Å². The van der Waals surface area contributed by atoms with Gasteiger partial charge in [0.1, 0.15) is 0 Å². The van der Waals surface area contributed by atoms with Crippen LogP contribution in [0.1, 0.15) is 58.1 Å². The molecule has 0 radical (unpaired) electrons. The van der Waals surface area contributed by atoms with Crippen LogP contribution in [0.2, 0.25) is 0 Å². The second kappa shape index (κ2) is 9.15. The van der Waals surface area contributed by atoms with E-state index in [0.29, 0.717) is 6.04 Å². The van der Waals surface area contributed by atoms with Crippen LogP contribution in [0.3, 0.4) is 0 Å². The first-order valence-corrected chi connectivity index (χ1v) is 8.85. The summed E-state index contributed by atoms with van der Waals surface area (Å²) in [6, 6.07) is 6.88. The molecular formula is C16H25Br2N. The van der Waals surface area contributed by atoms with E-state index in [4.69, 9.17) is 0 Å². The van der Waals surface area contributed by atoms with Gasteiger partial charge in [0.2, 0.25) is 0 Å². The standard InChI is InChI=1S/C16H25Br2N/c1-4-6-12(3)10-16(19-9-5-2)14-11-13(17)7-8-15(14)18/h7-8,11-12,16,19H,4-6,9-10H2,1-3H3. The molecule has 0 saturated carbocycles. The average Bonchev–Trinajstić information content (AvgIpc) is 2.38. The van der Waals surface area contributed by atoms with E-state index in [2.05, 4.69) is 76.1 Å². The zero-order chi connectivity index (χ0) is 14.3. The lowest BCUT2D eigenvalue weighted by molar-refractivity contribution is 0.389. The van der Waals surface area contributed by atoms with Gasteiger partial charge in [-0.15, -0.1) is 0 Å². The Hall–Kier alpha value is 0.140. The number of nitrogens with one attached hydrogen (secondary N) is 1. The molecule has 0 saturated heterocycles. The predicted molar refractivity (Wildman–Crippen MR) is 91.6 cm³/mol. The highest BCUT2D eigenvalue weighted by molar-refractivity contribution is 9.11. The highest BCUT2D eigenvalue weighted by Gasteiger charge is 2.17. The van der Waals surface area contributed by atoms with E-state index in [1.54, 1.807) is 0 Å². The summed E-state index contributed by atoms with van der Waals surface area (Å²) >= 11 is 7.27. The Balaban J connectivity index is 2.85. The Morgan fingerprint density at radius 2 is 1.89 bits per heavy atom. The quantitative estimate of drug-likeness (QED) is 0.567. The minimum absolute atomic E-state index is 0.438. The molecule has 0 fully saturated rings. The molecule has 2 unspecified atom stereocenters. The fraction of sp³-hybridized carbons (Fsp3) is 0.625. The third-order valence-corrected chi connectivity index (χ3v) is 4.61. The smallest absolute Gasteiger partial charge is 0.0334 e. The summed E-state index contributed by atoms with van der Waals surface area (Å²) in [6.45, 7) is 7.91. The van der Waals surface area contributed by atoms with Gasteiger partial charge in [0.25, 0.3) is 0 Å². The van der Waals surface area contributed by atoms with E-state index in [9.17, 15) is 0 Å². The molecule has 0 aliphatic carbocycles. The number of benzene rings is 1. The van der Waals surface area contributed by atoms with Gasteiger partial charge >= 0.3 is 0 Å². The molecule has 0 spiro atoms. The molecule has 19 heavy (non-hydrogen) atoms. The minimum atomic E-state index is 0.438. The van der Waals surface area contributed by atoms with Gasteiger partial charge in [0, 0.05) is 15.0 Å². The molecule has 2 atom stereocenters. The summed E-state index contributed by atoms with van der Waals surface area (Å²) in [7, 11) is 0. The molecule has 1 N–H and O–H groups in total. The lowest BCUT2D eigenvalue weighted by Gasteiger charge is -2.24. The van der Waals surface area contributed by atoms with Gasteiger partial charge in [-0.25, -0.2) is 0 Å². The molecule has 0 aliphatic rings. The Kier molecular flexibility index (Phi) is 8.27. The summed E-state index contributed by atoms with van der Waals surface area (Å²) in [5.41, 5.74) is 1.37. The minimum Gasteiger partial charge on any atom is -0.310 e. The van der Waals surface area contributed by atoms with Crippen molar-refractivity contribution >= 4 is 31.9 Å². The molecule has 0 heterocycles. The largest absolute Gasteiger partial charge is 0.310 e. The van der Waals surface area contributed by atoms with Gasteiger partial charge < -0.3 is 5.32 Å². The molecule has 1 aromatic carbocycles. The van der Waals surface area contributed by atoms with Crippen molar-refractivity contribution < 1.29 is 0 Å². The van der Waals surface area contributed by atoms with E-state index in [-0.39, 0.29) is 0 Å². The van der Waals surface area contributed by atoms with Crippen LogP contribution in [-0.2, 0) is 0 Å². The molecule has 0 amide bonds. The molecule has 108 valence electrons. The number of rotatable bonds is 8. The normalized spacial score (nSPS) is 14.4. The van der Waals surface area contributed by atoms with Crippen molar-refractivity contribution in [3.8, 4) is 0 Å². The van der Waals surface area contributed by atoms with E-state index in [0.717, 1.165) is 16.9 Å². The van der Waals surface area contributed by atoms with Crippen molar-refractivity contribution in [2.45, 2.75) is 52.5 Å². The monoisotopic (exact) mass is 389 g/mol. The average molecular weight is 391 g/mol. The molecule has 0 aliphatic heterocycles. The van der Waals surface area contributed by atoms with Crippen LogP contribution in [0.4, 0.5) is 0 Å². The molecular weight excluding hydrogens is 366 g/mol. The van der Waals surface area contributed by atoms with Crippen molar-refractivity contribution in [3.05, 3.63) is 32.7 Å². The zero-order valence-corrected chi connectivity index (χ0v) is 15.4. The van der Waals surface area contributed by atoms with Crippen molar-refractivity contribution in [3.63, 3.8) is 0 Å². The first-order valence-electron chi connectivity index (χ1n) is 7.26. The summed E-state index contributed by atoms with van der Waals surface area (Å²) in [4.78, 5) is 0. The van der Waals surface area contributed by atoms with Crippen LogP contribution in [0, 0.1) is 5.92 Å². The lowest BCUT2D eigenvalue weighted by atomic mass is 9.93. The molecule has 0 aromatic heterocycles. The Labute approximate surface area is 134 Å². The Morgan fingerprint density at radius 3 is 2.53 bits per heavy atom. The Bertz CT molecular complexity index is 379. The maximum atomic E-state index is 3.69. The first kappa shape index (κ1) is 17.2. The topological polar surface area (TPSA) is 12.0 Å². The van der Waals surface area contributed by atoms with Crippen LogP contribution >= 0.6 is 31.9 Å². The van der Waals surface area contributed by atoms with Crippen LogP contribution < -0.4 is 5.32 Å². The predicted octanol–water partition coefficient (Wildman–Crippen LogP) is 6.08. The van der Waals surface area contributed by atoms with E-state index in [1.165, 1.54) is 35.7 Å². The SMILES string of the molecule is CCCNC(CC(C)CCC)c1cc(Br)ccc1Br. The van der Waals surface area contributed by atoms with Gasteiger partial charge in [-0.3, -0.25) is 0 Å². The molecule has 0 bridgehead atoms. The Morgan fingerprint density at radius 1 is 1.16 bits per heavy atom. The lowest BCUT2D eigenvalue weighted by Crippen LogP contribution is -2.24. The third kappa shape index (κ3) is 5.97. The number of hydrogen-bond acceptors (Lipinski definition) is 1. The fourth-order valence-corrected chi connectivity index (χ4v) is 3.34. The van der Waals surface area contributed by atoms with E-state index < -0.39 is 0 Å². The number of halogens is 2. The van der Waals surface area contributed by atoms with Crippen LogP contribution in [0.15, 0.2) is 27.1 Å². The second-order valence-electron chi connectivity index (χ2n) is 5.30. The van der Waals surface area contributed by atoms with Gasteiger partial charge in [0.05, 0.1) is 0 Å². The molecule has 1 rings (SSSR count). The third-order valence-electron chi connectivity index (χ3n) is 3.39. The highest BCUT2D eigenvalue weighted by Crippen LogP contribution is 2.31. The maximum Gasteiger partial charge on any atom is 0.0334 e. The zero-order valence-electron chi connectivity index (χ0n) is 12.2. The van der Waals surface area contributed by atoms with Crippen LogP contribution in [0.25, 0.3) is 0 Å². The van der Waals surface area contributed by atoms with Gasteiger partial charge in [-0.05, 0) is 49.1 Å². The summed E-state index contributed by atoms with van der Waals surface area (Å²) in [5, 5.41) is 3.69. The van der Waals surface area contributed by atoms with Crippen molar-refractivity contribution in [2.24, 2.45) is 5.92 Å². The molecule has 1 nitrogen and oxygen atoms in total. The van der Waals surface area contributed by atoms with Crippen molar-refractivity contribution in [1.82, 2.24) is 5.32 Å². The van der Waals surface area contributed by atoms with E-state index in [1.807, 2.05) is 0 Å². The molecule has 1 aromatic rings. The maximum absolute atomic E-state index is 3.69. The summed E-state index contributed by atoms with van der Waals surface area (Å²) in [6.07, 6.45) is 4.93. The van der Waals surface area contributed by atoms with Crippen molar-refractivity contribution in [2.75, 3.05) is 6.54 Å². The van der Waals surface area contributed by atoms with Crippen molar-refractivity contribution in [1.29, 1.82) is 0 Å². The molecule has 3 heteroatoms. The van der Waals surface area contributed by atoms with Gasteiger partial charge in [0.15, 0.2) is 0 Å². The number of hydrogen-bond donors (Lipinski definition) is 1. The summed E-state index contributed by atoms with van der Waals surface area (Å²) in [5.74, 6) is 0.755. The summed E-state index contributed by atoms with van der Waals surface area (Å²) < 4.78 is 2.35.